The van der Waals surface area contributed by atoms with Crippen LogP contribution >= 0.6 is 0 Å². The minimum atomic E-state index is 0.813. The summed E-state index contributed by atoms with van der Waals surface area (Å²) in [6.45, 7) is 2.50. The summed E-state index contributed by atoms with van der Waals surface area (Å²) in [5.41, 5.74) is 1.18. The standard InChI is InChI=1S/C9H14N6/c1-10-6-9-7-11-8-14(9)4-5-15-3-2-12-13-15/h2-3,7-8,10H,4-6H2,1H3. The molecule has 0 aliphatic heterocycles. The Morgan fingerprint density at radius 3 is 3.07 bits per heavy atom. The maximum Gasteiger partial charge on any atom is 0.0949 e. The van der Waals surface area contributed by atoms with E-state index in [1.165, 1.54) is 5.69 Å². The SMILES string of the molecule is CNCc1cncn1CCn1ccnn1. The molecule has 0 saturated carbocycles. The Balaban J connectivity index is 1.95. The molecular weight excluding hydrogens is 192 g/mol. The van der Waals surface area contributed by atoms with Crippen LogP contribution in [-0.4, -0.2) is 31.6 Å². The quantitative estimate of drug-likeness (QED) is 0.741. The number of nitrogens with one attached hydrogen (secondary N) is 1. The highest BCUT2D eigenvalue weighted by atomic mass is 15.4. The van der Waals surface area contributed by atoms with E-state index in [4.69, 9.17) is 0 Å². The number of hydrogen-bond donors (Lipinski definition) is 1. The first kappa shape index (κ1) is 9.85. The van der Waals surface area contributed by atoms with Crippen molar-refractivity contribution in [2.75, 3.05) is 7.05 Å². The van der Waals surface area contributed by atoms with Crippen LogP contribution in [0.15, 0.2) is 24.9 Å². The Morgan fingerprint density at radius 2 is 2.33 bits per heavy atom. The molecule has 0 saturated heterocycles. The highest BCUT2D eigenvalue weighted by molar-refractivity contribution is 4.97. The summed E-state index contributed by atoms with van der Waals surface area (Å²) in [6, 6.07) is 0. The van der Waals surface area contributed by atoms with Crippen LogP contribution in [0.2, 0.25) is 0 Å². The molecule has 0 bridgehead atoms. The van der Waals surface area contributed by atoms with Crippen molar-refractivity contribution in [3.05, 3.63) is 30.6 Å². The molecule has 0 atom stereocenters. The van der Waals surface area contributed by atoms with Gasteiger partial charge in [-0.05, 0) is 7.05 Å². The maximum absolute atomic E-state index is 4.12. The number of aromatic nitrogens is 5. The van der Waals surface area contributed by atoms with E-state index >= 15 is 0 Å². The Morgan fingerprint density at radius 1 is 1.40 bits per heavy atom. The van der Waals surface area contributed by atoms with Crippen molar-refractivity contribution < 1.29 is 0 Å². The summed E-state index contributed by atoms with van der Waals surface area (Å²) in [5, 5.41) is 10.8. The van der Waals surface area contributed by atoms with Gasteiger partial charge in [0.2, 0.25) is 0 Å². The topological polar surface area (TPSA) is 60.6 Å². The molecule has 0 amide bonds. The molecule has 0 spiro atoms. The van der Waals surface area contributed by atoms with Crippen molar-refractivity contribution in [1.29, 1.82) is 0 Å². The van der Waals surface area contributed by atoms with Gasteiger partial charge >= 0.3 is 0 Å². The number of hydrogen-bond acceptors (Lipinski definition) is 4. The minimum Gasteiger partial charge on any atom is -0.332 e. The number of imidazole rings is 1. The molecule has 80 valence electrons. The summed E-state index contributed by atoms with van der Waals surface area (Å²) >= 11 is 0. The summed E-state index contributed by atoms with van der Waals surface area (Å²) in [4.78, 5) is 4.12. The van der Waals surface area contributed by atoms with Gasteiger partial charge in [-0.2, -0.15) is 0 Å². The Kier molecular flexibility index (Phi) is 3.08. The van der Waals surface area contributed by atoms with Gasteiger partial charge in [-0.1, -0.05) is 5.21 Å². The molecule has 0 aliphatic rings. The van der Waals surface area contributed by atoms with Crippen molar-refractivity contribution in [1.82, 2.24) is 29.9 Å². The molecule has 6 heteroatoms. The van der Waals surface area contributed by atoms with Crippen molar-refractivity contribution in [2.45, 2.75) is 19.6 Å². The number of nitrogens with zero attached hydrogens (tertiary/aromatic N) is 5. The molecule has 0 radical (unpaired) electrons. The third kappa shape index (κ3) is 2.41. The van der Waals surface area contributed by atoms with E-state index in [1.54, 1.807) is 6.20 Å². The van der Waals surface area contributed by atoms with E-state index in [9.17, 15) is 0 Å². The van der Waals surface area contributed by atoms with Crippen molar-refractivity contribution in [3.63, 3.8) is 0 Å². The summed E-state index contributed by atoms with van der Waals surface area (Å²) < 4.78 is 3.92. The molecule has 0 fully saturated rings. The molecule has 2 heterocycles. The van der Waals surface area contributed by atoms with E-state index in [-0.39, 0.29) is 0 Å². The normalized spacial score (nSPS) is 10.7. The van der Waals surface area contributed by atoms with Crippen molar-refractivity contribution in [2.24, 2.45) is 0 Å². The van der Waals surface area contributed by atoms with Crippen molar-refractivity contribution >= 4 is 0 Å². The van der Waals surface area contributed by atoms with Gasteiger partial charge in [0.15, 0.2) is 0 Å². The second-order valence-corrected chi connectivity index (χ2v) is 3.27. The lowest BCUT2D eigenvalue weighted by Crippen LogP contribution is -2.14. The largest absolute Gasteiger partial charge is 0.332 e. The van der Waals surface area contributed by atoms with Gasteiger partial charge < -0.3 is 9.88 Å². The molecular formula is C9H14N6. The van der Waals surface area contributed by atoms with E-state index < -0.39 is 0 Å². The van der Waals surface area contributed by atoms with Crippen LogP contribution in [-0.2, 0) is 19.6 Å². The smallest absolute Gasteiger partial charge is 0.0949 e. The van der Waals surface area contributed by atoms with Crippen LogP contribution < -0.4 is 5.32 Å². The fourth-order valence-electron chi connectivity index (χ4n) is 1.44. The van der Waals surface area contributed by atoms with E-state index in [1.807, 2.05) is 30.5 Å². The molecule has 0 aromatic carbocycles. The highest BCUT2D eigenvalue weighted by Crippen LogP contribution is 1.99. The molecule has 6 nitrogen and oxygen atoms in total. The van der Waals surface area contributed by atoms with Crippen LogP contribution in [0.5, 0.6) is 0 Å². The van der Waals surface area contributed by atoms with Crippen LogP contribution in [0, 0.1) is 0 Å². The zero-order chi connectivity index (χ0) is 10.5. The van der Waals surface area contributed by atoms with Gasteiger partial charge in [0.1, 0.15) is 0 Å². The zero-order valence-corrected chi connectivity index (χ0v) is 8.67. The lowest BCUT2D eigenvalue weighted by atomic mass is 10.4. The average Bonchev–Trinajstić information content (AvgIpc) is 2.85. The lowest BCUT2D eigenvalue weighted by Gasteiger charge is -2.07. The fraction of sp³-hybridized carbons (Fsp3) is 0.444. The third-order valence-electron chi connectivity index (χ3n) is 2.20. The van der Waals surface area contributed by atoms with Gasteiger partial charge in [-0.3, -0.25) is 4.68 Å². The molecule has 15 heavy (non-hydrogen) atoms. The Labute approximate surface area is 87.9 Å². The molecule has 2 rings (SSSR count). The van der Waals surface area contributed by atoms with Crippen LogP contribution in [0.25, 0.3) is 0 Å². The molecule has 2 aromatic heterocycles. The second kappa shape index (κ2) is 4.70. The van der Waals surface area contributed by atoms with Crippen LogP contribution in [0.1, 0.15) is 5.69 Å². The first-order valence-corrected chi connectivity index (χ1v) is 4.88. The predicted octanol–water partition coefficient (Wildman–Crippen LogP) is -0.106. The van der Waals surface area contributed by atoms with Gasteiger partial charge in [-0.15, -0.1) is 5.10 Å². The van der Waals surface area contributed by atoms with Gasteiger partial charge in [0.25, 0.3) is 0 Å². The summed E-state index contributed by atoms with van der Waals surface area (Å²) in [7, 11) is 1.93. The molecule has 0 aliphatic carbocycles. The maximum atomic E-state index is 4.12. The number of rotatable bonds is 5. The molecule has 1 N–H and O–H groups in total. The average molecular weight is 206 g/mol. The van der Waals surface area contributed by atoms with E-state index in [2.05, 4.69) is 25.2 Å². The van der Waals surface area contributed by atoms with Crippen LogP contribution in [0.3, 0.4) is 0 Å². The third-order valence-corrected chi connectivity index (χ3v) is 2.20. The fourth-order valence-corrected chi connectivity index (χ4v) is 1.44. The predicted molar refractivity (Wildman–Crippen MR) is 55.0 cm³/mol. The second-order valence-electron chi connectivity index (χ2n) is 3.27. The monoisotopic (exact) mass is 206 g/mol. The molecule has 2 aromatic rings. The minimum absolute atomic E-state index is 0.813. The van der Waals surface area contributed by atoms with E-state index in [0.717, 1.165) is 19.6 Å². The molecule has 0 unspecified atom stereocenters. The van der Waals surface area contributed by atoms with Gasteiger partial charge in [0.05, 0.1) is 24.8 Å². The first-order chi connectivity index (χ1) is 7.40. The lowest BCUT2D eigenvalue weighted by molar-refractivity contribution is 0.506. The van der Waals surface area contributed by atoms with Crippen molar-refractivity contribution in [3.8, 4) is 0 Å². The summed E-state index contributed by atoms with van der Waals surface area (Å²) in [6.07, 6.45) is 7.25. The summed E-state index contributed by atoms with van der Waals surface area (Å²) in [5.74, 6) is 0. The Bertz CT molecular complexity index is 390. The van der Waals surface area contributed by atoms with Crippen LogP contribution in [0.4, 0.5) is 0 Å². The van der Waals surface area contributed by atoms with E-state index in [0.29, 0.717) is 0 Å². The Hall–Kier alpha value is -1.69. The first-order valence-electron chi connectivity index (χ1n) is 4.88. The van der Waals surface area contributed by atoms with Gasteiger partial charge in [-0.25, -0.2) is 4.98 Å². The highest BCUT2D eigenvalue weighted by Gasteiger charge is 2.00. The number of aryl methyl sites for hydroxylation is 2. The zero-order valence-electron chi connectivity index (χ0n) is 8.67. The van der Waals surface area contributed by atoms with Gasteiger partial charge in [0, 0.05) is 25.5 Å².